The summed E-state index contributed by atoms with van der Waals surface area (Å²) < 4.78 is 51.1. The van der Waals surface area contributed by atoms with Crippen LogP contribution in [0.15, 0.2) is 35.3 Å². The van der Waals surface area contributed by atoms with E-state index in [0.717, 1.165) is 4.90 Å². The van der Waals surface area contributed by atoms with Crippen molar-refractivity contribution in [2.75, 3.05) is 19.0 Å². The number of H-pyrrole nitrogens is 1. The zero-order chi connectivity index (χ0) is 29.3. The van der Waals surface area contributed by atoms with E-state index in [1.165, 1.54) is 19.2 Å². The molecule has 1 aliphatic carbocycles. The van der Waals surface area contributed by atoms with E-state index in [4.69, 9.17) is 15.2 Å². The second-order valence-corrected chi connectivity index (χ2v) is 10.3. The monoisotopic (exact) mass is 574 g/mol. The number of amides is 2. The standard InChI is InChI=1S/C27H29F3N6O5/c1-40-18-10-21-20(32-11-18)9-15(25(38)34-21)8-19(31)14-2-5-17(6-3-14)36(26(39)27(28,29)30)12-16-4-7-22-24(33-16)35-23(37)13-41-22/h4,7,9-11,14,17,19H,2-3,5-6,8,12-13,31H2,1H3,(H,34,38)(H,33,35,37). The second-order valence-electron chi connectivity index (χ2n) is 10.3. The molecule has 4 N–H and O–H groups in total. The van der Waals surface area contributed by atoms with Crippen molar-refractivity contribution in [1.82, 2.24) is 19.9 Å². The van der Waals surface area contributed by atoms with Crippen LogP contribution in [-0.4, -0.2) is 63.6 Å². The SMILES string of the molecule is COc1cnc2cc(CC(N)C3CCC(N(Cc4ccc5c(n4)NC(=O)CO5)C(=O)C(F)(F)F)CC3)c(=O)[nH]c2c1. The molecule has 4 heterocycles. The molecule has 1 aliphatic heterocycles. The summed E-state index contributed by atoms with van der Waals surface area (Å²) in [7, 11) is 1.50. The summed E-state index contributed by atoms with van der Waals surface area (Å²) >= 11 is 0. The number of hydrogen-bond acceptors (Lipinski definition) is 8. The first-order valence-electron chi connectivity index (χ1n) is 13.1. The highest BCUT2D eigenvalue weighted by Crippen LogP contribution is 2.34. The van der Waals surface area contributed by atoms with Gasteiger partial charge in [-0.2, -0.15) is 13.2 Å². The number of carbonyl (C=O) groups excluding carboxylic acids is 2. The van der Waals surface area contributed by atoms with Crippen LogP contribution < -0.4 is 26.1 Å². The largest absolute Gasteiger partial charge is 0.495 e. The third-order valence-corrected chi connectivity index (χ3v) is 7.59. The van der Waals surface area contributed by atoms with Gasteiger partial charge in [0.05, 0.1) is 36.6 Å². The number of hydrogen-bond donors (Lipinski definition) is 3. The first-order chi connectivity index (χ1) is 19.5. The minimum Gasteiger partial charge on any atom is -0.495 e. The second kappa shape index (κ2) is 11.4. The van der Waals surface area contributed by atoms with E-state index in [9.17, 15) is 27.6 Å². The number of ether oxygens (including phenoxy) is 2. The first kappa shape index (κ1) is 28.3. The van der Waals surface area contributed by atoms with Crippen LogP contribution in [0.25, 0.3) is 11.0 Å². The van der Waals surface area contributed by atoms with Gasteiger partial charge in [0, 0.05) is 23.7 Å². The van der Waals surface area contributed by atoms with Crippen LogP contribution in [0.3, 0.4) is 0 Å². The Morgan fingerprint density at radius 2 is 1.98 bits per heavy atom. The van der Waals surface area contributed by atoms with E-state index in [2.05, 4.69) is 20.3 Å². The zero-order valence-electron chi connectivity index (χ0n) is 22.2. The van der Waals surface area contributed by atoms with E-state index < -0.39 is 30.1 Å². The topological polar surface area (TPSA) is 153 Å². The fraction of sp³-hybridized carbons (Fsp3) is 0.444. The lowest BCUT2D eigenvalue weighted by Gasteiger charge is -2.38. The van der Waals surface area contributed by atoms with Gasteiger partial charge in [0.25, 0.3) is 11.5 Å². The summed E-state index contributed by atoms with van der Waals surface area (Å²) in [5.74, 6) is -1.51. The number of nitrogens with one attached hydrogen (secondary N) is 2. The van der Waals surface area contributed by atoms with Gasteiger partial charge in [0.2, 0.25) is 0 Å². The maximum atomic E-state index is 13.6. The number of alkyl halides is 3. The molecule has 0 aromatic carbocycles. The lowest BCUT2D eigenvalue weighted by molar-refractivity contribution is -0.189. The van der Waals surface area contributed by atoms with Gasteiger partial charge in [-0.1, -0.05) is 0 Å². The molecule has 2 amide bonds. The van der Waals surface area contributed by atoms with Crippen molar-refractivity contribution in [3.63, 3.8) is 0 Å². The van der Waals surface area contributed by atoms with Gasteiger partial charge < -0.3 is 30.4 Å². The van der Waals surface area contributed by atoms with Gasteiger partial charge in [0.15, 0.2) is 18.2 Å². The molecule has 3 aromatic heterocycles. The predicted molar refractivity (Wildman–Crippen MR) is 141 cm³/mol. The van der Waals surface area contributed by atoms with E-state index in [0.29, 0.717) is 53.8 Å². The molecule has 1 saturated carbocycles. The zero-order valence-corrected chi connectivity index (χ0v) is 22.2. The quantitative estimate of drug-likeness (QED) is 0.390. The molecule has 3 aromatic rings. The number of nitrogens with two attached hydrogens (primary N) is 1. The highest BCUT2D eigenvalue weighted by Gasteiger charge is 2.45. The number of anilines is 1. The van der Waals surface area contributed by atoms with Crippen molar-refractivity contribution in [1.29, 1.82) is 0 Å². The van der Waals surface area contributed by atoms with Gasteiger partial charge in [-0.3, -0.25) is 19.4 Å². The third-order valence-electron chi connectivity index (χ3n) is 7.59. The minimum atomic E-state index is -5.06. The molecule has 0 bridgehead atoms. The van der Waals surface area contributed by atoms with E-state index >= 15 is 0 Å². The minimum absolute atomic E-state index is 0.0535. The van der Waals surface area contributed by atoms with Crippen molar-refractivity contribution in [3.05, 3.63) is 52.1 Å². The maximum Gasteiger partial charge on any atom is 0.471 e. The summed E-state index contributed by atoms with van der Waals surface area (Å²) in [6, 6.07) is 5.24. The van der Waals surface area contributed by atoms with Gasteiger partial charge in [-0.25, -0.2) is 4.98 Å². The average Bonchev–Trinajstić information content (AvgIpc) is 2.95. The molecule has 5 rings (SSSR count). The van der Waals surface area contributed by atoms with Crippen molar-refractivity contribution in [2.45, 2.75) is 56.9 Å². The van der Waals surface area contributed by atoms with Gasteiger partial charge >= 0.3 is 12.1 Å². The Bertz CT molecular complexity index is 1520. The Labute approximate surface area is 232 Å². The average molecular weight is 575 g/mol. The number of nitrogens with zero attached hydrogens (tertiary/aromatic N) is 3. The molecule has 2 aliphatic rings. The van der Waals surface area contributed by atoms with Crippen LogP contribution in [0.4, 0.5) is 19.0 Å². The number of rotatable bonds is 7. The summed E-state index contributed by atoms with van der Waals surface area (Å²) in [4.78, 5) is 48.9. The molecule has 11 nitrogen and oxygen atoms in total. The van der Waals surface area contributed by atoms with Crippen molar-refractivity contribution < 1.29 is 32.2 Å². The smallest absolute Gasteiger partial charge is 0.471 e. The fourth-order valence-corrected chi connectivity index (χ4v) is 5.43. The molecule has 1 unspecified atom stereocenters. The summed E-state index contributed by atoms with van der Waals surface area (Å²) in [5.41, 5.74) is 7.95. The van der Waals surface area contributed by atoms with Gasteiger partial charge in [0.1, 0.15) is 5.75 Å². The number of halogens is 3. The maximum absolute atomic E-state index is 13.6. The van der Waals surface area contributed by atoms with Gasteiger partial charge in [-0.15, -0.1) is 0 Å². The van der Waals surface area contributed by atoms with Crippen LogP contribution in [-0.2, 0) is 22.6 Å². The van der Waals surface area contributed by atoms with E-state index in [1.807, 2.05) is 0 Å². The third kappa shape index (κ3) is 6.26. The lowest BCUT2D eigenvalue weighted by Crippen LogP contribution is -2.49. The van der Waals surface area contributed by atoms with Gasteiger partial charge in [-0.05, 0) is 56.2 Å². The molecule has 218 valence electrons. The van der Waals surface area contributed by atoms with Crippen LogP contribution >= 0.6 is 0 Å². The number of fused-ring (bicyclic) bond motifs is 2. The number of aromatic amines is 1. The van der Waals surface area contributed by atoms with E-state index in [-0.39, 0.29) is 42.6 Å². The fourth-order valence-electron chi connectivity index (χ4n) is 5.43. The Morgan fingerprint density at radius 3 is 2.68 bits per heavy atom. The van der Waals surface area contributed by atoms with Crippen LogP contribution in [0.5, 0.6) is 11.5 Å². The Kier molecular flexibility index (Phi) is 7.84. The van der Waals surface area contributed by atoms with Crippen LogP contribution in [0, 0.1) is 5.92 Å². The molecule has 1 atom stereocenters. The highest BCUT2D eigenvalue weighted by molar-refractivity contribution is 5.94. The molecular weight excluding hydrogens is 545 g/mol. The summed E-state index contributed by atoms with van der Waals surface area (Å²) in [6.07, 6.45) is -1.67. The summed E-state index contributed by atoms with van der Waals surface area (Å²) in [6.45, 7) is -0.563. The molecule has 1 fully saturated rings. The normalized spacial score (nSPS) is 19.6. The number of pyridine rings is 3. The van der Waals surface area contributed by atoms with Crippen molar-refractivity contribution in [2.24, 2.45) is 11.7 Å². The van der Waals surface area contributed by atoms with Crippen molar-refractivity contribution >= 4 is 28.7 Å². The molecule has 41 heavy (non-hydrogen) atoms. The van der Waals surface area contributed by atoms with Crippen LogP contribution in [0.2, 0.25) is 0 Å². The van der Waals surface area contributed by atoms with E-state index in [1.54, 1.807) is 18.3 Å². The molecule has 0 spiro atoms. The number of methoxy groups -OCH3 is 1. The van der Waals surface area contributed by atoms with Crippen molar-refractivity contribution in [3.8, 4) is 11.5 Å². The molecule has 0 saturated heterocycles. The highest BCUT2D eigenvalue weighted by atomic mass is 19.4. The Balaban J connectivity index is 1.26. The Morgan fingerprint density at radius 1 is 1.22 bits per heavy atom. The lowest BCUT2D eigenvalue weighted by atomic mass is 9.79. The number of carbonyl (C=O) groups is 2. The van der Waals surface area contributed by atoms with Crippen LogP contribution in [0.1, 0.15) is 36.9 Å². The first-order valence-corrected chi connectivity index (χ1v) is 13.1. The predicted octanol–water partition coefficient (Wildman–Crippen LogP) is 2.68. The summed E-state index contributed by atoms with van der Waals surface area (Å²) in [5, 5.41) is 2.52. The molecular formula is C27H29F3N6O5. The molecule has 0 radical (unpaired) electrons. The Hall–Kier alpha value is -4.20. The number of aromatic nitrogens is 3. The molecule has 14 heteroatoms.